The van der Waals surface area contributed by atoms with Crippen LogP contribution < -0.4 is 14.6 Å². The van der Waals surface area contributed by atoms with Gasteiger partial charge in [0.2, 0.25) is 6.42 Å². The summed E-state index contributed by atoms with van der Waals surface area (Å²) in [5.41, 5.74) is 2.37. The van der Waals surface area contributed by atoms with Crippen LogP contribution in [-0.4, -0.2) is 11.8 Å². The molecule has 0 aromatic heterocycles. The monoisotopic (exact) mass is 459 g/mol. The zero-order valence-electron chi connectivity index (χ0n) is 14.8. The Bertz CT molecular complexity index is 995. The van der Waals surface area contributed by atoms with E-state index >= 15 is 0 Å². The Balaban J connectivity index is 1.77. The predicted octanol–water partition coefficient (Wildman–Crippen LogP) is 5.49. The molecule has 0 bridgehead atoms. The summed E-state index contributed by atoms with van der Waals surface area (Å²) in [6.45, 7) is 1.50. The smallest absolute Gasteiger partial charge is 0.211 e. The first-order chi connectivity index (χ1) is 13.1. The molecule has 0 fully saturated rings. The standard InChI is InChI=1S/C21H19BrNO2PS/c1-24-19-8-10-20(11-9-19)26(27)23(14-16-5-3-2-4-6-16)15-17-13-18(22)7-12-21(17)25-26/h2-13H,14-15H2,1H3. The number of rotatable bonds is 4. The molecule has 27 heavy (non-hydrogen) atoms. The summed E-state index contributed by atoms with van der Waals surface area (Å²) in [6.07, 6.45) is -2.42. The largest absolute Gasteiger partial charge is 0.497 e. The van der Waals surface area contributed by atoms with Gasteiger partial charge in [-0.25, -0.2) is 4.67 Å². The van der Waals surface area contributed by atoms with Crippen LogP contribution in [0.5, 0.6) is 11.5 Å². The predicted molar refractivity (Wildman–Crippen MR) is 117 cm³/mol. The molecule has 1 atom stereocenters. The van der Waals surface area contributed by atoms with Gasteiger partial charge in [-0.15, -0.1) is 0 Å². The van der Waals surface area contributed by atoms with Gasteiger partial charge < -0.3 is 9.26 Å². The summed E-state index contributed by atoms with van der Waals surface area (Å²) >= 11 is 9.75. The van der Waals surface area contributed by atoms with E-state index < -0.39 is 6.42 Å². The molecule has 138 valence electrons. The van der Waals surface area contributed by atoms with Gasteiger partial charge in [-0.2, -0.15) is 0 Å². The molecular weight excluding hydrogens is 441 g/mol. The van der Waals surface area contributed by atoms with Crippen molar-refractivity contribution in [3.63, 3.8) is 0 Å². The lowest BCUT2D eigenvalue weighted by Crippen LogP contribution is -2.31. The third-order valence-electron chi connectivity index (χ3n) is 4.58. The highest BCUT2D eigenvalue weighted by atomic mass is 79.9. The van der Waals surface area contributed by atoms with Gasteiger partial charge in [-0.3, -0.25) is 0 Å². The Morgan fingerprint density at radius 2 is 1.81 bits per heavy atom. The highest BCUT2D eigenvalue weighted by molar-refractivity contribution is 9.10. The first kappa shape index (κ1) is 18.7. The third-order valence-corrected chi connectivity index (χ3v) is 9.04. The number of halogens is 1. The van der Waals surface area contributed by atoms with Crippen molar-refractivity contribution in [2.24, 2.45) is 0 Å². The lowest BCUT2D eigenvalue weighted by molar-refractivity contribution is 0.374. The molecule has 1 heterocycles. The van der Waals surface area contributed by atoms with Gasteiger partial charge in [0.25, 0.3) is 0 Å². The first-order valence-electron chi connectivity index (χ1n) is 8.60. The van der Waals surface area contributed by atoms with E-state index in [0.717, 1.165) is 39.9 Å². The number of fused-ring (bicyclic) bond motifs is 1. The molecule has 0 spiro atoms. The molecule has 6 heteroatoms. The van der Waals surface area contributed by atoms with Gasteiger partial charge in [0.05, 0.1) is 7.11 Å². The topological polar surface area (TPSA) is 21.7 Å². The summed E-state index contributed by atoms with van der Waals surface area (Å²) in [7, 11) is 1.67. The Kier molecular flexibility index (Phi) is 5.38. The lowest BCUT2D eigenvalue weighted by Gasteiger charge is -2.39. The van der Waals surface area contributed by atoms with E-state index in [0.29, 0.717) is 0 Å². The van der Waals surface area contributed by atoms with Crippen molar-refractivity contribution in [3.8, 4) is 11.5 Å². The number of nitrogens with zero attached hydrogens (tertiary/aromatic N) is 1. The average Bonchev–Trinajstić information content (AvgIpc) is 2.70. The van der Waals surface area contributed by atoms with Crippen LogP contribution in [0.2, 0.25) is 0 Å². The van der Waals surface area contributed by atoms with E-state index in [2.05, 4.69) is 50.9 Å². The minimum Gasteiger partial charge on any atom is -0.497 e. The summed E-state index contributed by atoms with van der Waals surface area (Å²) in [6, 6.07) is 24.5. The molecule has 1 aliphatic heterocycles. The van der Waals surface area contributed by atoms with Crippen LogP contribution in [0.3, 0.4) is 0 Å². The van der Waals surface area contributed by atoms with Crippen LogP contribution >= 0.6 is 22.3 Å². The fourth-order valence-corrected chi connectivity index (χ4v) is 6.74. The van der Waals surface area contributed by atoms with Gasteiger partial charge in [-0.1, -0.05) is 46.3 Å². The van der Waals surface area contributed by atoms with Crippen molar-refractivity contribution in [1.82, 2.24) is 4.67 Å². The van der Waals surface area contributed by atoms with Crippen molar-refractivity contribution < 1.29 is 9.26 Å². The molecule has 0 N–H and O–H groups in total. The molecule has 0 aliphatic carbocycles. The fraction of sp³-hybridized carbons (Fsp3) is 0.143. The second-order valence-electron chi connectivity index (χ2n) is 6.37. The average molecular weight is 460 g/mol. The Morgan fingerprint density at radius 3 is 2.52 bits per heavy atom. The van der Waals surface area contributed by atoms with E-state index in [1.807, 2.05) is 42.5 Å². The molecule has 3 nitrogen and oxygen atoms in total. The van der Waals surface area contributed by atoms with Crippen molar-refractivity contribution in [2.45, 2.75) is 13.1 Å². The van der Waals surface area contributed by atoms with Crippen LogP contribution in [-0.2, 0) is 24.9 Å². The quantitative estimate of drug-likeness (QED) is 0.481. The number of hydrogen-bond acceptors (Lipinski definition) is 3. The van der Waals surface area contributed by atoms with E-state index in [1.54, 1.807) is 7.11 Å². The number of methoxy groups -OCH3 is 1. The molecule has 0 amide bonds. The summed E-state index contributed by atoms with van der Waals surface area (Å²) < 4.78 is 15.2. The third kappa shape index (κ3) is 3.83. The van der Waals surface area contributed by atoms with Crippen LogP contribution in [0.25, 0.3) is 0 Å². The van der Waals surface area contributed by atoms with E-state index in [-0.39, 0.29) is 0 Å². The van der Waals surface area contributed by atoms with Crippen LogP contribution in [0, 0.1) is 0 Å². The van der Waals surface area contributed by atoms with Crippen LogP contribution in [0.1, 0.15) is 11.1 Å². The molecule has 4 rings (SSSR count). The van der Waals surface area contributed by atoms with Crippen molar-refractivity contribution in [3.05, 3.63) is 88.4 Å². The molecule has 0 saturated heterocycles. The molecule has 3 aromatic rings. The maximum atomic E-state index is 6.51. The Hall–Kier alpha value is -1.65. The minimum atomic E-state index is -2.42. The first-order valence-corrected chi connectivity index (χ1v) is 12.1. The Labute approximate surface area is 173 Å². The van der Waals surface area contributed by atoms with Crippen LogP contribution in [0.15, 0.2) is 77.3 Å². The summed E-state index contributed by atoms with van der Waals surface area (Å²) in [4.78, 5) is 0. The van der Waals surface area contributed by atoms with Gasteiger partial charge in [-0.05, 0) is 59.8 Å². The van der Waals surface area contributed by atoms with Crippen molar-refractivity contribution in [2.75, 3.05) is 7.11 Å². The number of benzene rings is 3. The number of ether oxygens (including phenoxy) is 1. The normalized spacial score (nSPS) is 19.2. The fourth-order valence-electron chi connectivity index (χ4n) is 3.17. The van der Waals surface area contributed by atoms with E-state index in [9.17, 15) is 0 Å². The summed E-state index contributed by atoms with van der Waals surface area (Å²) in [5, 5.41) is 1.03. The molecule has 0 radical (unpaired) electrons. The Morgan fingerprint density at radius 1 is 1.07 bits per heavy atom. The minimum absolute atomic E-state index is 0.746. The SMILES string of the molecule is COc1ccc(P2(=S)Oc3ccc(Br)cc3CN2Cc2ccccc2)cc1. The summed E-state index contributed by atoms with van der Waals surface area (Å²) in [5.74, 6) is 1.69. The molecule has 3 aromatic carbocycles. The second-order valence-corrected chi connectivity index (χ2v) is 11.1. The molecule has 1 aliphatic rings. The highest BCUT2D eigenvalue weighted by Gasteiger charge is 2.36. The highest BCUT2D eigenvalue weighted by Crippen LogP contribution is 2.56. The second kappa shape index (κ2) is 7.76. The zero-order valence-corrected chi connectivity index (χ0v) is 18.1. The van der Waals surface area contributed by atoms with E-state index in [4.69, 9.17) is 21.1 Å². The molecular formula is C21H19BrNO2PS. The molecule has 0 saturated carbocycles. The molecule has 1 unspecified atom stereocenters. The van der Waals surface area contributed by atoms with Crippen molar-refractivity contribution >= 4 is 39.5 Å². The van der Waals surface area contributed by atoms with Gasteiger partial charge in [0.1, 0.15) is 11.5 Å². The lowest BCUT2D eigenvalue weighted by atomic mass is 10.2. The van der Waals surface area contributed by atoms with Gasteiger partial charge in [0.15, 0.2) is 0 Å². The van der Waals surface area contributed by atoms with E-state index in [1.165, 1.54) is 5.56 Å². The van der Waals surface area contributed by atoms with Gasteiger partial charge >= 0.3 is 0 Å². The number of hydrogen-bond donors (Lipinski definition) is 0. The zero-order chi connectivity index (χ0) is 18.9. The van der Waals surface area contributed by atoms with Gasteiger partial charge in [0, 0.05) is 28.4 Å². The van der Waals surface area contributed by atoms with Crippen molar-refractivity contribution in [1.29, 1.82) is 0 Å². The maximum Gasteiger partial charge on any atom is 0.211 e. The maximum absolute atomic E-state index is 6.51. The van der Waals surface area contributed by atoms with Crippen LogP contribution in [0.4, 0.5) is 0 Å².